The van der Waals surface area contributed by atoms with Crippen LogP contribution in [-0.4, -0.2) is 25.6 Å². The van der Waals surface area contributed by atoms with Crippen molar-refractivity contribution in [3.63, 3.8) is 0 Å². The van der Waals surface area contributed by atoms with E-state index in [4.69, 9.17) is 32.7 Å². The summed E-state index contributed by atoms with van der Waals surface area (Å²) in [5.74, 6) is -0.462. The van der Waals surface area contributed by atoms with Crippen molar-refractivity contribution >= 4 is 40.8 Å². The minimum atomic E-state index is -0.395. The molecule has 5 nitrogen and oxygen atoms in total. The van der Waals surface area contributed by atoms with Crippen LogP contribution in [0.1, 0.15) is 34.1 Å². The number of amides is 1. The largest absolute Gasteiger partial charge is 0.494 e. The van der Waals surface area contributed by atoms with Crippen LogP contribution in [0.4, 0.5) is 5.69 Å². The number of hydrogen-bond donors (Lipinski definition) is 1. The van der Waals surface area contributed by atoms with Crippen LogP contribution >= 0.6 is 23.2 Å². The molecule has 0 fully saturated rings. The number of methoxy groups -OCH3 is 1. The number of ether oxygens (including phenoxy) is 2. The fraction of sp³-hybridized carbons (Fsp3) is 0.222. The van der Waals surface area contributed by atoms with E-state index in [1.165, 1.54) is 19.2 Å². The minimum Gasteiger partial charge on any atom is -0.494 e. The van der Waals surface area contributed by atoms with Gasteiger partial charge in [0.2, 0.25) is 0 Å². The average Bonchev–Trinajstić information content (AvgIpc) is 2.60. The Hall–Kier alpha value is -2.24. The number of esters is 1. The van der Waals surface area contributed by atoms with E-state index in [2.05, 4.69) is 5.32 Å². The van der Waals surface area contributed by atoms with E-state index in [1.54, 1.807) is 24.3 Å². The van der Waals surface area contributed by atoms with Gasteiger partial charge in [0.15, 0.2) is 5.75 Å². The van der Waals surface area contributed by atoms with Gasteiger partial charge in [-0.05, 0) is 42.8 Å². The number of benzene rings is 2. The predicted molar refractivity (Wildman–Crippen MR) is 98.0 cm³/mol. The van der Waals surface area contributed by atoms with E-state index in [1.807, 2.05) is 6.92 Å². The van der Waals surface area contributed by atoms with Crippen molar-refractivity contribution in [3.8, 4) is 5.75 Å². The van der Waals surface area contributed by atoms with Gasteiger partial charge in [-0.2, -0.15) is 0 Å². The molecule has 0 radical (unpaired) electrons. The molecule has 0 aliphatic carbocycles. The molecule has 2 aromatic rings. The second-order valence-corrected chi connectivity index (χ2v) is 5.95. The van der Waals surface area contributed by atoms with Crippen molar-refractivity contribution in [2.75, 3.05) is 19.0 Å². The molecule has 7 heteroatoms. The lowest BCUT2D eigenvalue weighted by Crippen LogP contribution is -2.12. The highest BCUT2D eigenvalue weighted by Gasteiger charge is 2.14. The number of nitrogens with one attached hydrogen (secondary N) is 1. The lowest BCUT2D eigenvalue weighted by Gasteiger charge is -2.10. The molecule has 0 saturated carbocycles. The Balaban J connectivity index is 2.09. The van der Waals surface area contributed by atoms with Crippen LogP contribution in [0.15, 0.2) is 36.4 Å². The van der Waals surface area contributed by atoms with Gasteiger partial charge in [0, 0.05) is 11.3 Å². The molecule has 2 rings (SSSR count). The fourth-order valence-electron chi connectivity index (χ4n) is 2.06. The maximum Gasteiger partial charge on any atom is 0.338 e. The summed E-state index contributed by atoms with van der Waals surface area (Å²) in [5.41, 5.74) is 1.24. The quantitative estimate of drug-likeness (QED) is 0.728. The van der Waals surface area contributed by atoms with E-state index in [-0.39, 0.29) is 16.0 Å². The minimum absolute atomic E-state index is 0.245. The Morgan fingerprint density at radius 1 is 1.04 bits per heavy atom. The highest BCUT2D eigenvalue weighted by Crippen LogP contribution is 2.34. The fourth-order valence-corrected chi connectivity index (χ4v) is 2.70. The molecule has 0 aliphatic heterocycles. The standard InChI is InChI=1S/C18H17Cl2NO4/c1-3-8-25-18(23)11-4-6-13(7-5-11)21-17(22)12-9-14(19)16(24-2)15(20)10-12/h4-7,9-10H,3,8H2,1-2H3,(H,21,22). The Kier molecular flexibility index (Phi) is 6.67. The third kappa shape index (κ3) is 4.87. The molecule has 0 heterocycles. The molecule has 0 spiro atoms. The third-order valence-corrected chi connectivity index (χ3v) is 3.84. The van der Waals surface area contributed by atoms with Gasteiger partial charge in [-0.3, -0.25) is 4.79 Å². The van der Waals surface area contributed by atoms with Gasteiger partial charge in [0.05, 0.1) is 29.3 Å². The molecular formula is C18H17Cl2NO4. The van der Waals surface area contributed by atoms with E-state index in [9.17, 15) is 9.59 Å². The lowest BCUT2D eigenvalue weighted by molar-refractivity contribution is 0.0505. The van der Waals surface area contributed by atoms with E-state index in [0.717, 1.165) is 6.42 Å². The Morgan fingerprint density at radius 3 is 2.16 bits per heavy atom. The van der Waals surface area contributed by atoms with Gasteiger partial charge >= 0.3 is 5.97 Å². The highest BCUT2D eigenvalue weighted by atomic mass is 35.5. The summed E-state index contributed by atoms with van der Waals surface area (Å²) in [6.45, 7) is 2.29. The first-order valence-electron chi connectivity index (χ1n) is 7.57. The summed E-state index contributed by atoms with van der Waals surface area (Å²) in [5, 5.41) is 3.20. The molecule has 0 atom stereocenters. The summed E-state index contributed by atoms with van der Waals surface area (Å²) < 4.78 is 10.1. The third-order valence-electron chi connectivity index (χ3n) is 3.28. The van der Waals surface area contributed by atoms with Crippen molar-refractivity contribution < 1.29 is 19.1 Å². The number of halogens is 2. The first-order chi connectivity index (χ1) is 12.0. The van der Waals surface area contributed by atoms with Crippen LogP contribution in [0.3, 0.4) is 0 Å². The van der Waals surface area contributed by atoms with E-state index >= 15 is 0 Å². The van der Waals surface area contributed by atoms with Crippen LogP contribution < -0.4 is 10.1 Å². The van der Waals surface area contributed by atoms with Crippen molar-refractivity contribution in [1.82, 2.24) is 0 Å². The van der Waals surface area contributed by atoms with Crippen LogP contribution in [0.5, 0.6) is 5.75 Å². The normalized spacial score (nSPS) is 10.2. The molecule has 0 unspecified atom stereocenters. The van der Waals surface area contributed by atoms with Crippen LogP contribution in [0.2, 0.25) is 10.0 Å². The summed E-state index contributed by atoms with van der Waals surface area (Å²) >= 11 is 12.1. The number of anilines is 1. The van der Waals surface area contributed by atoms with Gasteiger partial charge < -0.3 is 14.8 Å². The molecular weight excluding hydrogens is 365 g/mol. The number of carbonyl (C=O) groups excluding carboxylic acids is 2. The summed E-state index contributed by atoms with van der Waals surface area (Å²) in [7, 11) is 1.44. The molecule has 0 bridgehead atoms. The smallest absolute Gasteiger partial charge is 0.338 e. The van der Waals surface area contributed by atoms with Crippen molar-refractivity contribution in [2.45, 2.75) is 13.3 Å². The number of rotatable bonds is 6. The zero-order valence-corrected chi connectivity index (χ0v) is 15.3. The molecule has 2 aromatic carbocycles. The van der Waals surface area contributed by atoms with Crippen LogP contribution in [0.25, 0.3) is 0 Å². The van der Waals surface area contributed by atoms with E-state index in [0.29, 0.717) is 29.2 Å². The Labute approximate surface area is 155 Å². The predicted octanol–water partition coefficient (Wildman–Crippen LogP) is 4.82. The second kappa shape index (κ2) is 8.74. The summed E-state index contributed by atoms with van der Waals surface area (Å²) in [6, 6.07) is 9.35. The molecule has 0 saturated heterocycles. The number of carbonyl (C=O) groups is 2. The SMILES string of the molecule is CCCOC(=O)c1ccc(NC(=O)c2cc(Cl)c(OC)c(Cl)c2)cc1. The van der Waals surface area contributed by atoms with Crippen molar-refractivity contribution in [3.05, 3.63) is 57.6 Å². The van der Waals surface area contributed by atoms with Crippen molar-refractivity contribution in [2.24, 2.45) is 0 Å². The van der Waals surface area contributed by atoms with E-state index < -0.39 is 5.97 Å². The second-order valence-electron chi connectivity index (χ2n) is 5.14. The van der Waals surface area contributed by atoms with Crippen molar-refractivity contribution in [1.29, 1.82) is 0 Å². The molecule has 1 amide bonds. The zero-order valence-electron chi connectivity index (χ0n) is 13.8. The number of hydrogen-bond acceptors (Lipinski definition) is 4. The molecule has 1 N–H and O–H groups in total. The monoisotopic (exact) mass is 381 g/mol. The zero-order chi connectivity index (χ0) is 18.4. The Bertz CT molecular complexity index is 752. The maximum absolute atomic E-state index is 12.3. The van der Waals surface area contributed by atoms with Gasteiger partial charge in [-0.1, -0.05) is 30.1 Å². The molecule has 25 heavy (non-hydrogen) atoms. The lowest BCUT2D eigenvalue weighted by atomic mass is 10.1. The topological polar surface area (TPSA) is 64.6 Å². The van der Waals surface area contributed by atoms with Gasteiger partial charge in [-0.25, -0.2) is 4.79 Å². The van der Waals surface area contributed by atoms with Crippen LogP contribution in [-0.2, 0) is 4.74 Å². The first-order valence-corrected chi connectivity index (χ1v) is 8.33. The van der Waals surface area contributed by atoms with Gasteiger partial charge in [0.1, 0.15) is 0 Å². The molecule has 132 valence electrons. The maximum atomic E-state index is 12.3. The average molecular weight is 382 g/mol. The van der Waals surface area contributed by atoms with Gasteiger partial charge in [0.25, 0.3) is 5.91 Å². The summed E-state index contributed by atoms with van der Waals surface area (Å²) in [4.78, 5) is 24.1. The Morgan fingerprint density at radius 2 is 1.64 bits per heavy atom. The summed E-state index contributed by atoms with van der Waals surface area (Å²) in [6.07, 6.45) is 0.757. The first kappa shape index (κ1) is 19.1. The molecule has 0 aliphatic rings. The van der Waals surface area contributed by atoms with Crippen LogP contribution in [0, 0.1) is 0 Å². The highest BCUT2D eigenvalue weighted by molar-refractivity contribution is 6.37. The van der Waals surface area contributed by atoms with Gasteiger partial charge in [-0.15, -0.1) is 0 Å². The molecule has 0 aromatic heterocycles.